The Morgan fingerprint density at radius 2 is 1.66 bits per heavy atom. The molecule has 0 aromatic heterocycles. The average Bonchev–Trinajstić information content (AvgIpc) is 2.92. The van der Waals surface area contributed by atoms with E-state index in [0.717, 1.165) is 0 Å². The second-order valence-corrected chi connectivity index (χ2v) is 13.3. The minimum atomic E-state index is -4.03. The summed E-state index contributed by atoms with van der Waals surface area (Å²) in [7, 11) is -4.03. The van der Waals surface area contributed by atoms with Gasteiger partial charge in [0.25, 0.3) is 0 Å². The monoisotopic (exact) mass is 821 g/mol. The van der Waals surface area contributed by atoms with Crippen LogP contribution < -0.4 is 7.81 Å². The van der Waals surface area contributed by atoms with Gasteiger partial charge in [0.2, 0.25) is 0 Å². The molecular formula is C19H9HgI2O6S. The number of ether oxygens (including phenoxy) is 1. The Labute approximate surface area is 209 Å². The van der Waals surface area contributed by atoms with Gasteiger partial charge in [-0.1, -0.05) is 0 Å². The van der Waals surface area contributed by atoms with Gasteiger partial charge >= 0.3 is 212 Å². The van der Waals surface area contributed by atoms with Crippen molar-refractivity contribution >= 4 is 58.4 Å². The molecule has 2 aliphatic rings. The third-order valence-electron chi connectivity index (χ3n) is 5.09. The van der Waals surface area contributed by atoms with E-state index in [1.807, 2.05) is 45.2 Å². The fourth-order valence-corrected chi connectivity index (χ4v) is 9.50. The van der Waals surface area contributed by atoms with E-state index in [-0.39, 0.29) is 42.5 Å². The number of hydrogen-bond acceptors (Lipinski definition) is 6. The third kappa shape index (κ3) is 2.73. The summed E-state index contributed by atoms with van der Waals surface area (Å²) in [4.78, 5) is 0.102. The SMILES string of the molecule is O=S1(=O)OC2(c3cc(I)c(O)cc3Oc3c2cc(I)c(O)[c]3[Hg])c2ccccc21. The molecule has 2 aliphatic heterocycles. The zero-order valence-electron chi connectivity index (χ0n) is 14.4. The summed E-state index contributed by atoms with van der Waals surface area (Å²) in [5.41, 5.74) is 0.0666. The molecule has 0 fully saturated rings. The fraction of sp³-hybridized carbons (Fsp3) is 0.0526. The zero-order valence-corrected chi connectivity index (χ0v) is 25.1. The Bertz CT molecular complexity index is 1340. The number of phenols is 2. The van der Waals surface area contributed by atoms with Crippen molar-refractivity contribution in [2.75, 3.05) is 0 Å². The van der Waals surface area contributed by atoms with Gasteiger partial charge in [0.15, 0.2) is 0 Å². The molecule has 0 aliphatic carbocycles. The van der Waals surface area contributed by atoms with E-state index < -0.39 is 15.7 Å². The van der Waals surface area contributed by atoms with Crippen molar-refractivity contribution < 1.29 is 53.7 Å². The first-order valence-corrected chi connectivity index (χ1v) is 14.6. The zero-order chi connectivity index (χ0) is 20.7. The number of fused-ring (bicyclic) bond motifs is 6. The molecule has 10 heteroatoms. The molecule has 1 spiro atoms. The number of rotatable bonds is 0. The van der Waals surface area contributed by atoms with E-state index in [9.17, 15) is 18.6 Å². The van der Waals surface area contributed by atoms with Crippen molar-refractivity contribution in [3.63, 3.8) is 0 Å². The van der Waals surface area contributed by atoms with E-state index in [1.165, 1.54) is 12.1 Å². The summed E-state index contributed by atoms with van der Waals surface area (Å²) in [5, 5.41) is 20.7. The van der Waals surface area contributed by atoms with Gasteiger partial charge in [-0.2, -0.15) is 0 Å². The van der Waals surface area contributed by atoms with Gasteiger partial charge in [-0.05, 0) is 0 Å². The van der Waals surface area contributed by atoms with Crippen LogP contribution in [-0.2, 0) is 46.0 Å². The molecule has 3 aromatic rings. The van der Waals surface area contributed by atoms with Crippen LogP contribution >= 0.6 is 45.2 Å². The number of benzene rings is 3. The summed E-state index contributed by atoms with van der Waals surface area (Å²) in [5.74, 6) is 0.850. The van der Waals surface area contributed by atoms with Gasteiger partial charge in [-0.3, -0.25) is 0 Å². The van der Waals surface area contributed by atoms with Gasteiger partial charge in [0.1, 0.15) is 0 Å². The van der Waals surface area contributed by atoms with Crippen LogP contribution in [0.3, 0.4) is 0 Å². The van der Waals surface area contributed by atoms with Crippen molar-refractivity contribution in [1.29, 1.82) is 0 Å². The summed E-state index contributed by atoms with van der Waals surface area (Å²) in [6, 6.07) is 11.5. The van der Waals surface area contributed by atoms with Crippen molar-refractivity contribution in [2.45, 2.75) is 10.5 Å². The van der Waals surface area contributed by atoms with Crippen molar-refractivity contribution in [1.82, 2.24) is 0 Å². The van der Waals surface area contributed by atoms with Gasteiger partial charge in [0.05, 0.1) is 0 Å². The number of halogens is 2. The Kier molecular flexibility index (Phi) is 4.67. The minimum absolute atomic E-state index is 0.0200. The molecule has 0 amide bonds. The summed E-state index contributed by atoms with van der Waals surface area (Å²) < 4.78 is 39.7. The van der Waals surface area contributed by atoms with E-state index in [4.69, 9.17) is 8.92 Å². The topological polar surface area (TPSA) is 93.1 Å². The van der Waals surface area contributed by atoms with Crippen LogP contribution in [0.2, 0.25) is 0 Å². The van der Waals surface area contributed by atoms with Crippen molar-refractivity contribution in [3.05, 3.63) is 66.3 Å². The average molecular weight is 820 g/mol. The molecule has 5 rings (SSSR count). The molecule has 0 saturated heterocycles. The predicted molar refractivity (Wildman–Crippen MR) is 116 cm³/mol. The van der Waals surface area contributed by atoms with E-state index in [0.29, 0.717) is 38.4 Å². The van der Waals surface area contributed by atoms with E-state index in [2.05, 4.69) is 0 Å². The summed E-state index contributed by atoms with van der Waals surface area (Å²) in [6.07, 6.45) is 0. The molecule has 0 bridgehead atoms. The second kappa shape index (κ2) is 6.68. The van der Waals surface area contributed by atoms with E-state index >= 15 is 0 Å². The quantitative estimate of drug-likeness (QED) is 0.205. The van der Waals surface area contributed by atoms with Crippen LogP contribution in [0.5, 0.6) is 23.0 Å². The number of phenolic OH excluding ortho intramolecular Hbond substituents is 2. The molecular weight excluding hydrogens is 811 g/mol. The van der Waals surface area contributed by atoms with Gasteiger partial charge < -0.3 is 0 Å². The maximum absolute atomic E-state index is 13.0. The van der Waals surface area contributed by atoms with Crippen molar-refractivity contribution in [3.8, 4) is 23.0 Å². The van der Waals surface area contributed by atoms with Crippen LogP contribution in [0.1, 0.15) is 16.7 Å². The second-order valence-electron chi connectivity index (χ2n) is 6.68. The number of aromatic hydroxyl groups is 2. The third-order valence-corrected chi connectivity index (χ3v) is 10.7. The molecule has 1 atom stereocenters. The molecule has 0 radical (unpaired) electrons. The first-order valence-electron chi connectivity index (χ1n) is 8.30. The van der Waals surface area contributed by atoms with Crippen LogP contribution in [0.4, 0.5) is 0 Å². The molecule has 2 heterocycles. The summed E-state index contributed by atoms with van der Waals surface area (Å²) in [6.45, 7) is 0. The van der Waals surface area contributed by atoms with E-state index in [1.54, 1.807) is 30.3 Å². The Morgan fingerprint density at radius 1 is 0.966 bits per heavy atom. The molecule has 2 N–H and O–H groups in total. The Hall–Kier alpha value is -0.635. The van der Waals surface area contributed by atoms with Gasteiger partial charge in [0, 0.05) is 0 Å². The number of hydrogen-bond donors (Lipinski definition) is 2. The van der Waals surface area contributed by atoms with Crippen LogP contribution in [0, 0.1) is 7.14 Å². The van der Waals surface area contributed by atoms with Gasteiger partial charge in [-0.25, -0.2) is 0 Å². The van der Waals surface area contributed by atoms with Crippen LogP contribution in [0.15, 0.2) is 47.4 Å². The Balaban J connectivity index is 1.99. The molecule has 6 nitrogen and oxygen atoms in total. The molecule has 3 aromatic carbocycles. The molecule has 143 valence electrons. The molecule has 1 unspecified atom stereocenters. The molecule has 0 saturated carbocycles. The normalized spacial score (nSPS) is 20.7. The Morgan fingerprint density at radius 3 is 2.41 bits per heavy atom. The predicted octanol–water partition coefficient (Wildman–Crippen LogP) is 3.60. The summed E-state index contributed by atoms with van der Waals surface area (Å²) >= 11 is 3.98. The standard InChI is InChI=1S/C19H9I2O6S.Hg/c20-12-5-10-16(7-14(12)22)26-17-8-15(23)13(21)6-11(17)19(10)9-3-1-2-4-18(9)28(24,25)27-19;/h1-7,22-23H;. The maximum atomic E-state index is 13.0. The van der Waals surface area contributed by atoms with Crippen LogP contribution in [-0.4, -0.2) is 18.6 Å². The molecule has 29 heavy (non-hydrogen) atoms. The first kappa shape index (κ1) is 20.3. The first-order chi connectivity index (χ1) is 13.7. The fourth-order valence-electron chi connectivity index (χ4n) is 3.82. The van der Waals surface area contributed by atoms with Gasteiger partial charge in [-0.15, -0.1) is 0 Å². The van der Waals surface area contributed by atoms with Crippen molar-refractivity contribution in [2.24, 2.45) is 0 Å². The van der Waals surface area contributed by atoms with Crippen LogP contribution in [0.25, 0.3) is 0 Å².